The summed E-state index contributed by atoms with van der Waals surface area (Å²) in [6.45, 7) is 9.49. The number of rotatable bonds is 46. The number of benzene rings is 2. The van der Waals surface area contributed by atoms with Gasteiger partial charge in [-0.05, 0) is 61.0 Å². The highest BCUT2D eigenvalue weighted by Gasteiger charge is 2.34. The minimum atomic E-state index is -1.38. The second-order valence-electron chi connectivity index (χ2n) is 18.7. The van der Waals surface area contributed by atoms with Crippen LogP contribution in [-0.4, -0.2) is 64.7 Å². The van der Waals surface area contributed by atoms with Gasteiger partial charge in [0.15, 0.2) is 0 Å². The van der Waals surface area contributed by atoms with Crippen molar-refractivity contribution >= 4 is 11.9 Å². The third-order valence-electron chi connectivity index (χ3n) is 12.3. The second kappa shape index (κ2) is 41.0. The first-order valence-corrected chi connectivity index (χ1v) is 27.0. The van der Waals surface area contributed by atoms with Gasteiger partial charge < -0.3 is 28.4 Å². The highest BCUT2D eigenvalue weighted by Crippen LogP contribution is 2.29. The minimum absolute atomic E-state index is 0.206. The fourth-order valence-electron chi connectivity index (χ4n) is 7.95. The van der Waals surface area contributed by atoms with Crippen LogP contribution < -0.4 is 18.9 Å². The molecular formula is C55H90N6O8. The summed E-state index contributed by atoms with van der Waals surface area (Å²) in [4.78, 5) is 33.6. The molecule has 69 heavy (non-hydrogen) atoms. The van der Waals surface area contributed by atoms with E-state index >= 15 is 0 Å². The van der Waals surface area contributed by atoms with E-state index < -0.39 is 17.4 Å². The van der Waals surface area contributed by atoms with Crippen molar-refractivity contribution < 1.29 is 38.0 Å². The third-order valence-corrected chi connectivity index (χ3v) is 12.3. The number of nitrogens with zero attached hydrogens (tertiary/aromatic N) is 6. The molecule has 2 rings (SSSR count). The Hall–Kier alpha value is -4.80. The van der Waals surface area contributed by atoms with Crippen molar-refractivity contribution in [3.05, 3.63) is 68.4 Å². The van der Waals surface area contributed by atoms with Gasteiger partial charge in [-0.3, -0.25) is 0 Å². The van der Waals surface area contributed by atoms with Crippen molar-refractivity contribution in [2.75, 3.05) is 52.7 Å². The van der Waals surface area contributed by atoms with E-state index in [9.17, 15) is 20.7 Å². The molecule has 0 N–H and O–H groups in total. The lowest BCUT2D eigenvalue weighted by Crippen LogP contribution is -2.40. The predicted molar refractivity (Wildman–Crippen MR) is 278 cm³/mol. The Morgan fingerprint density at radius 3 is 0.899 bits per heavy atom. The lowest BCUT2D eigenvalue weighted by molar-refractivity contribution is 0.000363. The summed E-state index contributed by atoms with van der Waals surface area (Å²) in [5.41, 5.74) is 17.8. The van der Waals surface area contributed by atoms with Gasteiger partial charge >= 0.3 is 11.9 Å². The molecule has 0 aliphatic rings. The molecule has 0 radical (unpaired) electrons. The van der Waals surface area contributed by atoms with Crippen LogP contribution in [0, 0.1) is 5.41 Å². The van der Waals surface area contributed by atoms with Gasteiger partial charge in [0, 0.05) is 40.5 Å². The Morgan fingerprint density at radius 1 is 0.406 bits per heavy atom. The van der Waals surface area contributed by atoms with E-state index in [1.807, 2.05) is 0 Å². The molecule has 0 aromatic heterocycles. The van der Waals surface area contributed by atoms with Crippen LogP contribution in [0.5, 0.6) is 23.0 Å². The minimum Gasteiger partial charge on any atom is -0.493 e. The molecule has 2 aromatic rings. The van der Waals surface area contributed by atoms with Crippen molar-refractivity contribution in [2.24, 2.45) is 15.6 Å². The molecule has 14 nitrogen and oxygen atoms in total. The lowest BCUT2D eigenvalue weighted by atomic mass is 9.90. The molecule has 0 atom stereocenters. The van der Waals surface area contributed by atoms with E-state index in [1.54, 1.807) is 36.4 Å². The maximum Gasteiger partial charge on any atom is 0.338 e. The molecule has 0 amide bonds. The van der Waals surface area contributed by atoms with Crippen LogP contribution in [0.3, 0.4) is 0 Å². The van der Waals surface area contributed by atoms with Crippen LogP contribution in [-0.2, 0) is 9.47 Å². The molecule has 0 aliphatic heterocycles. The van der Waals surface area contributed by atoms with Gasteiger partial charge in [-0.1, -0.05) is 192 Å². The SMILES string of the molecule is CCCCCCCCCOc1cc(OCCCCCCCCC)cc(C(=O)OCC(CN=[N+]=[N-])(CN=[N+]=[N-])COC(=O)c2cc(OCCCCCCCCC)cc(OCCCCCCCCC)c2)c1. The summed E-state index contributed by atoms with van der Waals surface area (Å²) in [5, 5.41) is 7.54. The maximum absolute atomic E-state index is 13.9. The van der Waals surface area contributed by atoms with Crippen LogP contribution in [0.2, 0.25) is 0 Å². The van der Waals surface area contributed by atoms with Gasteiger partial charge in [-0.2, -0.15) is 0 Å². The average molecular weight is 963 g/mol. The first kappa shape index (κ1) is 60.3. The van der Waals surface area contributed by atoms with E-state index in [4.69, 9.17) is 28.4 Å². The summed E-state index contributed by atoms with van der Waals surface area (Å²) in [5.74, 6) is 0.590. The molecule has 388 valence electrons. The number of ether oxygens (including phenoxy) is 6. The van der Waals surface area contributed by atoms with E-state index in [1.165, 1.54) is 103 Å². The lowest BCUT2D eigenvalue weighted by Gasteiger charge is -2.29. The van der Waals surface area contributed by atoms with E-state index in [0.29, 0.717) is 49.4 Å². The Balaban J connectivity index is 2.25. The Bertz CT molecular complexity index is 1550. The van der Waals surface area contributed by atoms with E-state index in [2.05, 4.69) is 47.7 Å². The predicted octanol–water partition coefficient (Wildman–Crippen LogP) is 16.8. The summed E-state index contributed by atoms with van der Waals surface area (Å²) in [6, 6.07) is 10.1. The van der Waals surface area contributed by atoms with Gasteiger partial charge in [-0.25, -0.2) is 9.59 Å². The molecule has 0 heterocycles. The van der Waals surface area contributed by atoms with Crippen molar-refractivity contribution in [1.29, 1.82) is 0 Å². The van der Waals surface area contributed by atoms with Crippen LogP contribution in [0.15, 0.2) is 46.6 Å². The zero-order chi connectivity index (χ0) is 49.9. The molecule has 0 aliphatic carbocycles. The number of carbonyl (C=O) groups excluding carboxylic acids is 2. The number of esters is 2. The third kappa shape index (κ3) is 29.8. The molecule has 14 heteroatoms. The molecule has 0 unspecified atom stereocenters. The molecular weight excluding hydrogens is 873 g/mol. The van der Waals surface area contributed by atoms with Crippen LogP contribution >= 0.6 is 0 Å². The molecule has 0 saturated heterocycles. The van der Waals surface area contributed by atoms with Crippen molar-refractivity contribution in [1.82, 2.24) is 0 Å². The fourth-order valence-corrected chi connectivity index (χ4v) is 7.95. The van der Waals surface area contributed by atoms with Crippen LogP contribution in [0.4, 0.5) is 0 Å². The molecule has 0 saturated carbocycles. The van der Waals surface area contributed by atoms with Gasteiger partial charge in [0.05, 0.1) is 37.6 Å². The average Bonchev–Trinajstić information content (AvgIpc) is 3.36. The highest BCUT2D eigenvalue weighted by atomic mass is 16.6. The zero-order valence-electron chi connectivity index (χ0n) is 43.4. The van der Waals surface area contributed by atoms with E-state index in [-0.39, 0.29) is 37.4 Å². The number of unbranched alkanes of at least 4 members (excludes halogenated alkanes) is 24. The van der Waals surface area contributed by atoms with Gasteiger partial charge in [0.1, 0.15) is 36.2 Å². The summed E-state index contributed by atoms with van der Waals surface area (Å²) in [7, 11) is 0. The monoisotopic (exact) mass is 963 g/mol. The normalized spacial score (nSPS) is 11.1. The first-order valence-electron chi connectivity index (χ1n) is 27.0. The topological polar surface area (TPSA) is 187 Å². The van der Waals surface area contributed by atoms with Crippen molar-refractivity contribution in [2.45, 2.75) is 207 Å². The smallest absolute Gasteiger partial charge is 0.338 e. The fraction of sp³-hybridized carbons (Fsp3) is 0.745. The van der Waals surface area contributed by atoms with Gasteiger partial charge in [0.2, 0.25) is 0 Å². The quantitative estimate of drug-likeness (QED) is 0.0206. The number of hydrogen-bond donors (Lipinski definition) is 0. The second-order valence-corrected chi connectivity index (χ2v) is 18.7. The molecule has 0 fully saturated rings. The maximum atomic E-state index is 13.9. The van der Waals surface area contributed by atoms with E-state index in [0.717, 1.165) is 77.0 Å². The van der Waals surface area contributed by atoms with Gasteiger partial charge in [0.25, 0.3) is 0 Å². The molecule has 2 aromatic carbocycles. The van der Waals surface area contributed by atoms with Crippen LogP contribution in [0.25, 0.3) is 20.9 Å². The summed E-state index contributed by atoms with van der Waals surface area (Å²) < 4.78 is 36.4. The standard InChI is InChI=1S/C55H90N6O8/c1-5-9-13-17-21-25-29-33-64-49-37-47(38-50(41-49)65-34-30-26-22-18-14-10-6-2)53(62)68-45-55(43-58-60-56,44-59-61-57)46-69-54(63)48-39-51(66-35-31-27-23-19-15-11-7-3)42-52(40-48)67-36-32-28-24-20-16-12-8-4/h37-42H,5-36,43-46H2,1-4H3. The molecule has 0 bridgehead atoms. The Morgan fingerprint density at radius 2 is 0.652 bits per heavy atom. The Labute approximate surface area is 415 Å². The highest BCUT2D eigenvalue weighted by molar-refractivity contribution is 5.91. The van der Waals surface area contributed by atoms with Gasteiger partial charge in [-0.15, -0.1) is 0 Å². The van der Waals surface area contributed by atoms with Crippen molar-refractivity contribution in [3.8, 4) is 23.0 Å². The van der Waals surface area contributed by atoms with Crippen LogP contribution in [0.1, 0.15) is 228 Å². The Kier molecular flexibility index (Phi) is 35.9. The largest absolute Gasteiger partial charge is 0.493 e. The number of hydrogen-bond acceptors (Lipinski definition) is 10. The van der Waals surface area contributed by atoms with Crippen molar-refractivity contribution in [3.63, 3.8) is 0 Å². The summed E-state index contributed by atoms with van der Waals surface area (Å²) >= 11 is 0. The molecule has 0 spiro atoms. The number of azide groups is 2. The number of carbonyl (C=O) groups is 2. The first-order chi connectivity index (χ1) is 33.8. The summed E-state index contributed by atoms with van der Waals surface area (Å²) in [6.07, 6.45) is 32.1. The zero-order valence-corrected chi connectivity index (χ0v) is 43.4.